The molecule has 1 aliphatic heterocycles. The monoisotopic (exact) mass is 241 g/mol. The van der Waals surface area contributed by atoms with Crippen LogP contribution in [-0.4, -0.2) is 61.5 Å². The van der Waals surface area contributed by atoms with Gasteiger partial charge in [0.25, 0.3) is 0 Å². The van der Waals surface area contributed by atoms with Crippen molar-refractivity contribution in [3.63, 3.8) is 0 Å². The maximum atomic E-state index is 12.1. The van der Waals surface area contributed by atoms with E-state index in [1.54, 1.807) is 0 Å². The van der Waals surface area contributed by atoms with Gasteiger partial charge in [0.2, 0.25) is 5.91 Å². The summed E-state index contributed by atoms with van der Waals surface area (Å²) < 4.78 is 0. The molecular formula is C13H27N3O. The minimum atomic E-state index is 0.259. The number of carbonyl (C=O) groups is 1. The van der Waals surface area contributed by atoms with Gasteiger partial charge in [-0.2, -0.15) is 0 Å². The van der Waals surface area contributed by atoms with Crippen molar-refractivity contribution >= 4 is 5.91 Å². The van der Waals surface area contributed by atoms with Gasteiger partial charge in [0.1, 0.15) is 0 Å². The highest BCUT2D eigenvalue weighted by atomic mass is 16.2. The molecule has 1 saturated heterocycles. The molecule has 17 heavy (non-hydrogen) atoms. The molecule has 0 radical (unpaired) electrons. The van der Waals surface area contributed by atoms with E-state index in [9.17, 15) is 4.79 Å². The Morgan fingerprint density at radius 3 is 2.82 bits per heavy atom. The van der Waals surface area contributed by atoms with E-state index in [4.69, 9.17) is 0 Å². The molecule has 1 aliphatic rings. The van der Waals surface area contributed by atoms with Crippen molar-refractivity contribution in [2.75, 3.05) is 33.7 Å². The summed E-state index contributed by atoms with van der Waals surface area (Å²) in [6.07, 6.45) is 3.36. The Balaban J connectivity index is 2.39. The molecule has 0 bridgehead atoms. The number of carbonyl (C=O) groups excluding carboxylic acids is 1. The fraction of sp³-hybridized carbons (Fsp3) is 0.923. The van der Waals surface area contributed by atoms with Crippen molar-refractivity contribution in [1.82, 2.24) is 15.1 Å². The van der Waals surface area contributed by atoms with Crippen LogP contribution in [0.15, 0.2) is 0 Å². The van der Waals surface area contributed by atoms with Crippen LogP contribution in [0.2, 0.25) is 0 Å². The van der Waals surface area contributed by atoms with Crippen LogP contribution in [0.4, 0.5) is 0 Å². The first-order valence-electron chi connectivity index (χ1n) is 6.72. The first kappa shape index (κ1) is 14.5. The van der Waals surface area contributed by atoms with Gasteiger partial charge in [0.05, 0.1) is 6.54 Å². The molecule has 0 aliphatic carbocycles. The summed E-state index contributed by atoms with van der Waals surface area (Å²) in [5.74, 6) is 0.259. The maximum absolute atomic E-state index is 12.1. The van der Waals surface area contributed by atoms with Crippen LogP contribution in [0, 0.1) is 0 Å². The zero-order valence-corrected chi connectivity index (χ0v) is 11.7. The van der Waals surface area contributed by atoms with E-state index >= 15 is 0 Å². The molecule has 4 heteroatoms. The fourth-order valence-corrected chi connectivity index (χ4v) is 2.28. The van der Waals surface area contributed by atoms with Crippen LogP contribution in [0.1, 0.15) is 33.1 Å². The van der Waals surface area contributed by atoms with Crippen LogP contribution in [0.5, 0.6) is 0 Å². The SMILES string of the molecule is CCC(C)NCC(=O)N1CCCC1CN(C)C. The van der Waals surface area contributed by atoms with E-state index in [0.29, 0.717) is 18.6 Å². The van der Waals surface area contributed by atoms with Gasteiger partial charge in [-0.25, -0.2) is 0 Å². The zero-order valence-electron chi connectivity index (χ0n) is 11.7. The molecular weight excluding hydrogens is 214 g/mol. The van der Waals surface area contributed by atoms with Crippen LogP contribution in [0.25, 0.3) is 0 Å². The average molecular weight is 241 g/mol. The molecule has 100 valence electrons. The van der Waals surface area contributed by atoms with E-state index in [1.807, 2.05) is 0 Å². The lowest BCUT2D eigenvalue weighted by Gasteiger charge is -2.27. The Morgan fingerprint density at radius 2 is 2.24 bits per heavy atom. The Bertz CT molecular complexity index is 243. The van der Waals surface area contributed by atoms with Gasteiger partial charge >= 0.3 is 0 Å². The maximum Gasteiger partial charge on any atom is 0.236 e. The summed E-state index contributed by atoms with van der Waals surface area (Å²) in [7, 11) is 4.14. The van der Waals surface area contributed by atoms with Crippen molar-refractivity contribution in [2.24, 2.45) is 0 Å². The van der Waals surface area contributed by atoms with Gasteiger partial charge in [-0.3, -0.25) is 4.79 Å². The molecule has 1 heterocycles. The predicted molar refractivity (Wildman–Crippen MR) is 71.0 cm³/mol. The molecule has 0 aromatic carbocycles. The third kappa shape index (κ3) is 4.64. The molecule has 0 spiro atoms. The van der Waals surface area contributed by atoms with Crippen LogP contribution < -0.4 is 5.32 Å². The molecule has 0 aromatic heterocycles. The lowest BCUT2D eigenvalue weighted by atomic mass is 10.2. The third-order valence-electron chi connectivity index (χ3n) is 3.49. The standard InChI is InChI=1S/C13H27N3O/c1-5-11(2)14-9-13(17)16-8-6-7-12(16)10-15(3)4/h11-12,14H,5-10H2,1-4H3. The first-order chi connectivity index (χ1) is 8.04. The number of hydrogen-bond acceptors (Lipinski definition) is 3. The topological polar surface area (TPSA) is 35.6 Å². The Hall–Kier alpha value is -0.610. The summed E-state index contributed by atoms with van der Waals surface area (Å²) in [5, 5.41) is 3.28. The van der Waals surface area contributed by atoms with Gasteiger partial charge in [-0.05, 0) is 40.3 Å². The van der Waals surface area contributed by atoms with E-state index in [2.05, 4.69) is 43.1 Å². The Labute approximate surface area is 105 Å². The number of rotatable bonds is 6. The number of likely N-dealkylation sites (tertiary alicyclic amines) is 1. The predicted octanol–water partition coefficient (Wildman–Crippen LogP) is 0.927. The molecule has 1 N–H and O–H groups in total. The van der Waals surface area contributed by atoms with Crippen LogP contribution >= 0.6 is 0 Å². The minimum absolute atomic E-state index is 0.259. The number of nitrogens with one attached hydrogen (secondary N) is 1. The highest BCUT2D eigenvalue weighted by Gasteiger charge is 2.28. The van der Waals surface area contributed by atoms with Crippen molar-refractivity contribution in [1.29, 1.82) is 0 Å². The minimum Gasteiger partial charge on any atom is -0.337 e. The van der Waals surface area contributed by atoms with Crippen molar-refractivity contribution in [2.45, 2.75) is 45.2 Å². The zero-order chi connectivity index (χ0) is 12.8. The molecule has 2 unspecified atom stereocenters. The number of hydrogen-bond donors (Lipinski definition) is 1. The first-order valence-corrected chi connectivity index (χ1v) is 6.72. The van der Waals surface area contributed by atoms with Crippen molar-refractivity contribution in [3.05, 3.63) is 0 Å². The number of likely N-dealkylation sites (N-methyl/N-ethyl adjacent to an activating group) is 1. The molecule has 2 atom stereocenters. The van der Waals surface area contributed by atoms with Crippen LogP contribution in [-0.2, 0) is 4.79 Å². The van der Waals surface area contributed by atoms with Gasteiger partial charge < -0.3 is 15.1 Å². The fourth-order valence-electron chi connectivity index (χ4n) is 2.28. The Kier molecular flexibility index (Phi) is 5.92. The second-order valence-electron chi connectivity index (χ2n) is 5.34. The number of nitrogens with zero attached hydrogens (tertiary/aromatic N) is 2. The molecule has 1 fully saturated rings. The van der Waals surface area contributed by atoms with E-state index < -0.39 is 0 Å². The molecule has 1 rings (SSSR count). The quantitative estimate of drug-likeness (QED) is 0.751. The van der Waals surface area contributed by atoms with Crippen LogP contribution in [0.3, 0.4) is 0 Å². The molecule has 4 nitrogen and oxygen atoms in total. The van der Waals surface area contributed by atoms with Gasteiger partial charge in [-0.1, -0.05) is 6.92 Å². The normalized spacial score (nSPS) is 22.2. The van der Waals surface area contributed by atoms with Crippen molar-refractivity contribution < 1.29 is 4.79 Å². The highest BCUT2D eigenvalue weighted by Crippen LogP contribution is 2.17. The summed E-state index contributed by atoms with van der Waals surface area (Å²) in [6.45, 7) is 6.65. The molecule has 0 aromatic rings. The van der Waals surface area contributed by atoms with Gasteiger partial charge in [0.15, 0.2) is 0 Å². The summed E-state index contributed by atoms with van der Waals surface area (Å²) in [4.78, 5) is 16.3. The van der Waals surface area contributed by atoms with E-state index in [1.165, 1.54) is 0 Å². The summed E-state index contributed by atoms with van der Waals surface area (Å²) in [5.41, 5.74) is 0. The summed E-state index contributed by atoms with van der Waals surface area (Å²) >= 11 is 0. The molecule has 0 saturated carbocycles. The largest absolute Gasteiger partial charge is 0.337 e. The lowest BCUT2D eigenvalue weighted by Crippen LogP contribution is -2.46. The third-order valence-corrected chi connectivity index (χ3v) is 3.49. The second kappa shape index (κ2) is 6.97. The highest BCUT2D eigenvalue weighted by molar-refractivity contribution is 5.78. The van der Waals surface area contributed by atoms with Crippen molar-refractivity contribution in [3.8, 4) is 0 Å². The summed E-state index contributed by atoms with van der Waals surface area (Å²) in [6, 6.07) is 0.838. The molecule has 1 amide bonds. The van der Waals surface area contributed by atoms with E-state index in [-0.39, 0.29) is 5.91 Å². The second-order valence-corrected chi connectivity index (χ2v) is 5.34. The van der Waals surface area contributed by atoms with Gasteiger partial charge in [-0.15, -0.1) is 0 Å². The Morgan fingerprint density at radius 1 is 1.53 bits per heavy atom. The van der Waals surface area contributed by atoms with Gasteiger partial charge in [0, 0.05) is 25.2 Å². The lowest BCUT2D eigenvalue weighted by molar-refractivity contribution is -0.131. The smallest absolute Gasteiger partial charge is 0.236 e. The average Bonchev–Trinajstić information content (AvgIpc) is 2.72. The number of amides is 1. The van der Waals surface area contributed by atoms with E-state index in [0.717, 1.165) is 32.4 Å².